The van der Waals surface area contributed by atoms with Gasteiger partial charge in [0.1, 0.15) is 0 Å². The van der Waals surface area contributed by atoms with Crippen molar-refractivity contribution < 1.29 is 0 Å². The smallest absolute Gasteiger partial charge is 0.0405 e. The Balaban J connectivity index is 1.75. The van der Waals surface area contributed by atoms with Crippen LogP contribution in [0, 0.1) is 6.92 Å². The molecule has 1 N–H and O–H groups in total. The van der Waals surface area contributed by atoms with Crippen LogP contribution in [0.5, 0.6) is 0 Å². The van der Waals surface area contributed by atoms with Gasteiger partial charge in [0.05, 0.1) is 0 Å². The lowest BCUT2D eigenvalue weighted by Gasteiger charge is -2.21. The molecule has 0 bridgehead atoms. The van der Waals surface area contributed by atoms with Crippen molar-refractivity contribution in [1.82, 2.24) is 0 Å². The summed E-state index contributed by atoms with van der Waals surface area (Å²) >= 11 is 0. The number of anilines is 1. The molecule has 2 aromatic carbocycles. The lowest BCUT2D eigenvalue weighted by Crippen LogP contribution is -2.13. The topological polar surface area (TPSA) is 12.0 Å². The van der Waals surface area contributed by atoms with Crippen molar-refractivity contribution >= 4 is 5.69 Å². The van der Waals surface area contributed by atoms with Gasteiger partial charge in [0.25, 0.3) is 0 Å². The average Bonchev–Trinajstić information content (AvgIpc) is 2.47. The first-order valence-corrected chi connectivity index (χ1v) is 7.23. The van der Waals surface area contributed by atoms with Crippen molar-refractivity contribution in [3.8, 4) is 0 Å². The molecular formula is C18H21N. The predicted molar refractivity (Wildman–Crippen MR) is 81.8 cm³/mol. The lowest BCUT2D eigenvalue weighted by molar-refractivity contribution is 0.820. The van der Waals surface area contributed by atoms with Crippen molar-refractivity contribution in [3.63, 3.8) is 0 Å². The second kappa shape index (κ2) is 5.48. The Hall–Kier alpha value is -1.76. The molecule has 0 aliphatic carbocycles. The number of aryl methyl sites for hydroxylation is 4. The molecule has 3 rings (SSSR count). The van der Waals surface area contributed by atoms with Crippen LogP contribution in [0.15, 0.2) is 42.5 Å². The zero-order chi connectivity index (χ0) is 13.1. The van der Waals surface area contributed by atoms with E-state index in [2.05, 4.69) is 54.7 Å². The molecule has 0 fully saturated rings. The number of fused-ring (bicyclic) bond motifs is 1. The number of nitrogens with one attached hydrogen (secondary N) is 1. The third kappa shape index (κ3) is 2.81. The van der Waals surface area contributed by atoms with Crippen LogP contribution in [-0.4, -0.2) is 6.54 Å². The maximum absolute atomic E-state index is 3.58. The molecule has 1 aliphatic rings. The number of para-hydroxylation sites is 1. The standard InChI is InChI=1S/C18H21N/c1-14-7-9-15(10-8-14)11-12-17-5-2-4-16-6-3-13-19-18(16)17/h2,4-5,7-10,19H,3,6,11-13H2,1H3. The number of benzene rings is 2. The normalized spacial score (nSPS) is 13.7. The van der Waals surface area contributed by atoms with E-state index in [0.29, 0.717) is 0 Å². The second-order valence-corrected chi connectivity index (χ2v) is 5.47. The molecule has 98 valence electrons. The first-order valence-electron chi connectivity index (χ1n) is 7.23. The minimum atomic E-state index is 1.12. The van der Waals surface area contributed by atoms with Crippen LogP contribution < -0.4 is 5.32 Å². The Kier molecular flexibility index (Phi) is 3.54. The fourth-order valence-corrected chi connectivity index (χ4v) is 2.82. The molecule has 0 unspecified atom stereocenters. The summed E-state index contributed by atoms with van der Waals surface area (Å²) in [6.45, 7) is 3.26. The van der Waals surface area contributed by atoms with E-state index in [4.69, 9.17) is 0 Å². The van der Waals surface area contributed by atoms with Crippen molar-refractivity contribution in [2.24, 2.45) is 0 Å². The van der Waals surface area contributed by atoms with Crippen LogP contribution >= 0.6 is 0 Å². The zero-order valence-corrected chi connectivity index (χ0v) is 11.6. The first kappa shape index (κ1) is 12.3. The highest BCUT2D eigenvalue weighted by Gasteiger charge is 2.11. The van der Waals surface area contributed by atoms with Crippen LogP contribution in [0.1, 0.15) is 28.7 Å². The van der Waals surface area contributed by atoms with Gasteiger partial charge >= 0.3 is 0 Å². The molecule has 1 heteroatoms. The van der Waals surface area contributed by atoms with E-state index in [-0.39, 0.29) is 0 Å². The van der Waals surface area contributed by atoms with Crippen molar-refractivity contribution in [1.29, 1.82) is 0 Å². The van der Waals surface area contributed by atoms with Gasteiger partial charge in [-0.15, -0.1) is 0 Å². The van der Waals surface area contributed by atoms with Crippen LogP contribution in [0.25, 0.3) is 0 Å². The second-order valence-electron chi connectivity index (χ2n) is 5.47. The monoisotopic (exact) mass is 251 g/mol. The van der Waals surface area contributed by atoms with E-state index >= 15 is 0 Å². The minimum absolute atomic E-state index is 1.12. The highest BCUT2D eigenvalue weighted by atomic mass is 14.9. The minimum Gasteiger partial charge on any atom is -0.385 e. The quantitative estimate of drug-likeness (QED) is 0.864. The van der Waals surface area contributed by atoms with Gasteiger partial charge in [-0.2, -0.15) is 0 Å². The Labute approximate surface area is 115 Å². The molecule has 1 heterocycles. The largest absolute Gasteiger partial charge is 0.385 e. The maximum atomic E-state index is 3.58. The molecule has 2 aromatic rings. The van der Waals surface area contributed by atoms with E-state index in [1.165, 1.54) is 40.8 Å². The van der Waals surface area contributed by atoms with E-state index in [9.17, 15) is 0 Å². The summed E-state index contributed by atoms with van der Waals surface area (Å²) in [5, 5.41) is 3.58. The van der Waals surface area contributed by atoms with E-state index in [1.807, 2.05) is 0 Å². The Morgan fingerprint density at radius 1 is 1.00 bits per heavy atom. The van der Waals surface area contributed by atoms with E-state index < -0.39 is 0 Å². The summed E-state index contributed by atoms with van der Waals surface area (Å²) in [4.78, 5) is 0. The van der Waals surface area contributed by atoms with Gasteiger partial charge in [-0.1, -0.05) is 48.0 Å². The summed E-state index contributed by atoms with van der Waals surface area (Å²) in [5.41, 5.74) is 7.13. The molecule has 0 spiro atoms. The van der Waals surface area contributed by atoms with Crippen LogP contribution in [0.3, 0.4) is 0 Å². The SMILES string of the molecule is Cc1ccc(CCc2cccc3c2NCCC3)cc1. The van der Waals surface area contributed by atoms with Gasteiger partial charge in [0.2, 0.25) is 0 Å². The van der Waals surface area contributed by atoms with Crippen LogP contribution in [-0.2, 0) is 19.3 Å². The molecule has 0 saturated heterocycles. The predicted octanol–water partition coefficient (Wildman–Crippen LogP) is 4.14. The molecule has 0 radical (unpaired) electrons. The fraction of sp³-hybridized carbons (Fsp3) is 0.333. The van der Waals surface area contributed by atoms with Gasteiger partial charge < -0.3 is 5.32 Å². The van der Waals surface area contributed by atoms with E-state index in [1.54, 1.807) is 0 Å². The van der Waals surface area contributed by atoms with Crippen molar-refractivity contribution in [2.75, 3.05) is 11.9 Å². The molecule has 0 amide bonds. The molecule has 0 aromatic heterocycles. The molecule has 1 nitrogen and oxygen atoms in total. The Morgan fingerprint density at radius 3 is 2.68 bits per heavy atom. The van der Waals surface area contributed by atoms with Gasteiger partial charge in [0, 0.05) is 12.2 Å². The summed E-state index contributed by atoms with van der Waals surface area (Å²) < 4.78 is 0. The third-order valence-corrected chi connectivity index (χ3v) is 3.97. The molecule has 19 heavy (non-hydrogen) atoms. The average molecular weight is 251 g/mol. The molecule has 0 saturated carbocycles. The number of rotatable bonds is 3. The summed E-state index contributed by atoms with van der Waals surface area (Å²) in [7, 11) is 0. The third-order valence-electron chi connectivity index (χ3n) is 3.97. The summed E-state index contributed by atoms with van der Waals surface area (Å²) in [5.74, 6) is 0. The first-order chi connectivity index (χ1) is 9.33. The highest BCUT2D eigenvalue weighted by molar-refractivity contribution is 5.59. The van der Waals surface area contributed by atoms with Crippen LogP contribution in [0.4, 0.5) is 5.69 Å². The molecule has 0 atom stereocenters. The van der Waals surface area contributed by atoms with E-state index in [0.717, 1.165) is 19.4 Å². The number of hydrogen-bond donors (Lipinski definition) is 1. The number of hydrogen-bond acceptors (Lipinski definition) is 1. The maximum Gasteiger partial charge on any atom is 0.0405 e. The Morgan fingerprint density at radius 2 is 1.84 bits per heavy atom. The summed E-state index contributed by atoms with van der Waals surface area (Å²) in [6, 6.07) is 15.6. The van der Waals surface area contributed by atoms with Gasteiger partial charge in [0.15, 0.2) is 0 Å². The summed E-state index contributed by atoms with van der Waals surface area (Å²) in [6.07, 6.45) is 4.73. The van der Waals surface area contributed by atoms with Gasteiger partial charge in [-0.3, -0.25) is 0 Å². The van der Waals surface area contributed by atoms with Crippen molar-refractivity contribution in [3.05, 3.63) is 64.7 Å². The lowest BCUT2D eigenvalue weighted by atomic mass is 9.95. The van der Waals surface area contributed by atoms with Crippen molar-refractivity contribution in [2.45, 2.75) is 32.6 Å². The Bertz CT molecular complexity index is 554. The fourth-order valence-electron chi connectivity index (χ4n) is 2.82. The van der Waals surface area contributed by atoms with Crippen LogP contribution in [0.2, 0.25) is 0 Å². The molecule has 1 aliphatic heterocycles. The van der Waals surface area contributed by atoms with Gasteiger partial charge in [-0.05, 0) is 49.3 Å². The molecular weight excluding hydrogens is 230 g/mol. The highest BCUT2D eigenvalue weighted by Crippen LogP contribution is 2.27. The van der Waals surface area contributed by atoms with Gasteiger partial charge in [-0.25, -0.2) is 0 Å². The zero-order valence-electron chi connectivity index (χ0n) is 11.6.